The van der Waals surface area contributed by atoms with E-state index in [0.717, 1.165) is 45.8 Å². The van der Waals surface area contributed by atoms with E-state index in [2.05, 4.69) is 44.5 Å². The van der Waals surface area contributed by atoms with Crippen LogP contribution in [-0.2, 0) is 13.0 Å². The summed E-state index contributed by atoms with van der Waals surface area (Å²) in [5, 5.41) is 0. The number of hydrogen-bond acceptors (Lipinski definition) is 6. The van der Waals surface area contributed by atoms with Crippen molar-refractivity contribution in [1.29, 1.82) is 0 Å². The van der Waals surface area contributed by atoms with Crippen LogP contribution in [0.3, 0.4) is 0 Å². The molecular weight excluding hydrogens is 500 g/mol. The molecular formula is C21H25FIN5O2. The maximum absolute atomic E-state index is 13.9. The zero-order valence-corrected chi connectivity index (χ0v) is 19.1. The highest BCUT2D eigenvalue weighted by molar-refractivity contribution is 14.1. The Bertz CT molecular complexity index is 1060. The summed E-state index contributed by atoms with van der Waals surface area (Å²) >= 11 is 2.28. The first-order valence-corrected chi connectivity index (χ1v) is 11.4. The Kier molecular flexibility index (Phi) is 6.55. The number of benzene rings is 1. The van der Waals surface area contributed by atoms with E-state index < -0.39 is 6.08 Å². The van der Waals surface area contributed by atoms with Crippen LogP contribution in [0.5, 0.6) is 11.5 Å². The summed E-state index contributed by atoms with van der Waals surface area (Å²) in [7, 11) is 0. The number of aryl methyl sites for hydroxylation is 1. The van der Waals surface area contributed by atoms with Crippen molar-refractivity contribution in [2.75, 3.05) is 12.5 Å². The predicted octanol–water partition coefficient (Wildman–Crippen LogP) is 4.83. The van der Waals surface area contributed by atoms with Gasteiger partial charge in [-0.05, 0) is 46.7 Å². The molecule has 0 fully saturated rings. The number of nitrogens with zero attached hydrogens (tertiary/aromatic N) is 4. The molecule has 0 aliphatic carbocycles. The monoisotopic (exact) mass is 525 g/mol. The van der Waals surface area contributed by atoms with Gasteiger partial charge >= 0.3 is 6.08 Å². The van der Waals surface area contributed by atoms with Gasteiger partial charge in [0, 0.05) is 16.5 Å². The molecule has 3 heterocycles. The van der Waals surface area contributed by atoms with Gasteiger partial charge in [-0.3, -0.25) is 0 Å². The van der Waals surface area contributed by atoms with Crippen molar-refractivity contribution in [2.24, 2.45) is 0 Å². The van der Waals surface area contributed by atoms with E-state index in [1.807, 2.05) is 16.7 Å². The molecule has 0 unspecified atom stereocenters. The minimum atomic E-state index is -0.826. The van der Waals surface area contributed by atoms with Crippen molar-refractivity contribution in [2.45, 2.75) is 58.4 Å². The number of hydrogen-bond donors (Lipinski definition) is 1. The molecule has 0 atom stereocenters. The lowest BCUT2D eigenvalue weighted by Crippen LogP contribution is -2.07. The second-order valence-electron chi connectivity index (χ2n) is 7.47. The number of unbranched alkanes of at least 4 members (excludes halogenated alkanes) is 5. The van der Waals surface area contributed by atoms with E-state index in [4.69, 9.17) is 15.2 Å². The predicted molar refractivity (Wildman–Crippen MR) is 121 cm³/mol. The Morgan fingerprint density at radius 3 is 2.60 bits per heavy atom. The summed E-state index contributed by atoms with van der Waals surface area (Å²) in [6, 6.07) is 3.95. The van der Waals surface area contributed by atoms with Crippen LogP contribution in [0.2, 0.25) is 0 Å². The van der Waals surface area contributed by atoms with Crippen LogP contribution in [0.25, 0.3) is 11.2 Å². The lowest BCUT2D eigenvalue weighted by atomic mass is 10.1. The summed E-state index contributed by atoms with van der Waals surface area (Å²) in [5.41, 5.74) is 7.91. The number of fused-ring (bicyclic) bond motifs is 2. The Morgan fingerprint density at radius 1 is 1.07 bits per heavy atom. The van der Waals surface area contributed by atoms with Crippen molar-refractivity contribution in [1.82, 2.24) is 19.5 Å². The molecule has 0 bridgehead atoms. The summed E-state index contributed by atoms with van der Waals surface area (Å²) in [6.45, 7) is 3.16. The highest BCUT2D eigenvalue weighted by Gasteiger charge is 2.20. The van der Waals surface area contributed by atoms with Gasteiger partial charge < -0.3 is 19.8 Å². The van der Waals surface area contributed by atoms with E-state index in [0.29, 0.717) is 17.6 Å². The Morgan fingerprint density at radius 2 is 1.80 bits per heavy atom. The lowest BCUT2D eigenvalue weighted by molar-refractivity contribution is 0.174. The van der Waals surface area contributed by atoms with Crippen LogP contribution in [0.15, 0.2) is 12.1 Å². The van der Waals surface area contributed by atoms with Gasteiger partial charge in [-0.15, -0.1) is 0 Å². The first-order valence-electron chi connectivity index (χ1n) is 10.3. The molecule has 1 aliphatic heterocycles. The minimum Gasteiger partial charge on any atom is -0.454 e. The minimum absolute atomic E-state index is 0.0702. The fourth-order valence-corrected chi connectivity index (χ4v) is 4.35. The first-order chi connectivity index (χ1) is 14.6. The molecule has 0 spiro atoms. The zero-order chi connectivity index (χ0) is 21.1. The quantitative estimate of drug-likeness (QED) is 0.245. The maximum atomic E-state index is 13.9. The van der Waals surface area contributed by atoms with Crippen LogP contribution >= 0.6 is 22.6 Å². The van der Waals surface area contributed by atoms with Gasteiger partial charge in [0.15, 0.2) is 28.5 Å². The fraction of sp³-hybridized carbons (Fsp3) is 0.476. The number of aromatic nitrogens is 4. The molecule has 0 saturated heterocycles. The van der Waals surface area contributed by atoms with Crippen LogP contribution < -0.4 is 15.2 Å². The van der Waals surface area contributed by atoms with Crippen molar-refractivity contribution in [3.8, 4) is 11.5 Å². The zero-order valence-electron chi connectivity index (χ0n) is 17.0. The summed E-state index contributed by atoms with van der Waals surface area (Å²) in [5.74, 6) is 2.35. The third-order valence-electron chi connectivity index (χ3n) is 5.30. The first kappa shape index (κ1) is 21.1. The molecule has 3 aromatic rings. The Hall–Kier alpha value is -2.17. The molecule has 9 heteroatoms. The maximum Gasteiger partial charge on any atom is 0.312 e. The Labute approximate surface area is 188 Å². The van der Waals surface area contributed by atoms with E-state index in [1.54, 1.807) is 0 Å². The number of rotatable bonds is 9. The molecule has 0 radical (unpaired) electrons. The van der Waals surface area contributed by atoms with Crippen LogP contribution in [0.1, 0.15) is 56.8 Å². The molecule has 1 aliphatic rings. The largest absolute Gasteiger partial charge is 0.454 e. The highest BCUT2D eigenvalue weighted by atomic mass is 127. The van der Waals surface area contributed by atoms with Gasteiger partial charge in [0.2, 0.25) is 6.79 Å². The van der Waals surface area contributed by atoms with E-state index in [-0.39, 0.29) is 12.6 Å². The van der Waals surface area contributed by atoms with Crippen molar-refractivity contribution >= 4 is 39.6 Å². The van der Waals surface area contributed by atoms with Gasteiger partial charge in [0.05, 0.1) is 0 Å². The molecule has 0 amide bonds. The average Bonchev–Trinajstić information content (AvgIpc) is 3.29. The van der Waals surface area contributed by atoms with Crippen molar-refractivity contribution < 1.29 is 13.9 Å². The molecule has 2 N–H and O–H groups in total. The van der Waals surface area contributed by atoms with Crippen LogP contribution in [0, 0.1) is 9.65 Å². The number of nitrogen functional groups attached to an aromatic ring is 1. The molecule has 7 nitrogen and oxygen atoms in total. The lowest BCUT2D eigenvalue weighted by Gasteiger charge is -2.10. The molecule has 30 heavy (non-hydrogen) atoms. The van der Waals surface area contributed by atoms with E-state index in [1.165, 1.54) is 25.7 Å². The molecule has 160 valence electrons. The van der Waals surface area contributed by atoms with Crippen molar-refractivity contribution in [3.63, 3.8) is 0 Å². The highest BCUT2D eigenvalue weighted by Crippen LogP contribution is 2.36. The molecule has 4 rings (SSSR count). The normalized spacial score (nSPS) is 12.8. The number of halogens is 2. The van der Waals surface area contributed by atoms with E-state index >= 15 is 0 Å². The number of ether oxygens (including phenoxy) is 2. The van der Waals surface area contributed by atoms with Crippen molar-refractivity contribution in [3.05, 3.63) is 33.2 Å². The third-order valence-corrected chi connectivity index (χ3v) is 6.30. The number of imidazole rings is 1. The van der Waals surface area contributed by atoms with Gasteiger partial charge in [0.1, 0.15) is 5.82 Å². The summed E-state index contributed by atoms with van der Waals surface area (Å²) in [4.78, 5) is 12.3. The second-order valence-corrected chi connectivity index (χ2v) is 8.63. The van der Waals surface area contributed by atoms with Gasteiger partial charge in [-0.1, -0.05) is 39.0 Å². The molecule has 2 aromatic heterocycles. The topological polar surface area (TPSA) is 88.1 Å². The van der Waals surface area contributed by atoms with E-state index in [9.17, 15) is 4.39 Å². The SMILES string of the molecule is CCCCCCCCn1c(Cc2cc3c(cc2I)OCO3)nc2c(N)nc(F)nc21. The fourth-order valence-electron chi connectivity index (χ4n) is 3.72. The number of anilines is 1. The summed E-state index contributed by atoms with van der Waals surface area (Å²) < 4.78 is 27.9. The molecule has 0 saturated carbocycles. The van der Waals surface area contributed by atoms with Gasteiger partial charge in [-0.25, -0.2) is 4.98 Å². The Balaban J connectivity index is 1.62. The number of nitrogens with two attached hydrogens (primary N) is 1. The standard InChI is InChI=1S/C21H25FIN5O2/c1-2-3-4-5-6-7-8-28-17(25-18-19(24)26-21(22)27-20(18)28)10-13-9-15-16(11-14(13)23)30-12-29-15/h9,11H,2-8,10,12H2,1H3,(H2,24,26,27). The summed E-state index contributed by atoms with van der Waals surface area (Å²) in [6.07, 6.45) is 6.75. The molecule has 1 aromatic carbocycles. The third kappa shape index (κ3) is 4.45. The average molecular weight is 525 g/mol. The second kappa shape index (κ2) is 9.32. The van der Waals surface area contributed by atoms with Crippen LogP contribution in [-0.4, -0.2) is 26.3 Å². The smallest absolute Gasteiger partial charge is 0.312 e. The van der Waals surface area contributed by atoms with Gasteiger partial charge in [0.25, 0.3) is 0 Å². The van der Waals surface area contributed by atoms with Crippen LogP contribution in [0.4, 0.5) is 10.2 Å². The van der Waals surface area contributed by atoms with Gasteiger partial charge in [-0.2, -0.15) is 14.4 Å².